The molecule has 1 N–H and O–H groups in total. The van der Waals surface area contributed by atoms with Crippen LogP contribution in [0.5, 0.6) is 0 Å². The summed E-state index contributed by atoms with van der Waals surface area (Å²) in [6.45, 7) is 1.23. The number of hydrogen-bond donors (Lipinski definition) is 1. The number of benzene rings is 1. The zero-order chi connectivity index (χ0) is 16.2. The van der Waals surface area contributed by atoms with E-state index in [0.29, 0.717) is 12.1 Å². The van der Waals surface area contributed by atoms with Crippen LogP contribution >= 0.6 is 0 Å². The van der Waals surface area contributed by atoms with Crippen molar-refractivity contribution in [2.24, 2.45) is 0 Å². The van der Waals surface area contributed by atoms with E-state index < -0.39 is 33.3 Å². The highest BCUT2D eigenvalue weighted by Crippen LogP contribution is 2.20. The van der Waals surface area contributed by atoms with Gasteiger partial charge >= 0.3 is 5.97 Å². The van der Waals surface area contributed by atoms with Crippen LogP contribution < -0.4 is 0 Å². The van der Waals surface area contributed by atoms with Crippen molar-refractivity contribution in [3.63, 3.8) is 0 Å². The van der Waals surface area contributed by atoms with Gasteiger partial charge in [-0.1, -0.05) is 6.07 Å². The Bertz CT molecular complexity index is 617. The SMILES string of the molecule is Cc1ccc(F)c(S(=O)(=O)N(CCN(C)C)CC(=O)O)c1. The molecule has 6 nitrogen and oxygen atoms in total. The molecule has 0 atom stereocenters. The molecule has 0 saturated heterocycles. The van der Waals surface area contributed by atoms with Gasteiger partial charge in [-0.25, -0.2) is 12.8 Å². The number of hydrogen-bond acceptors (Lipinski definition) is 4. The van der Waals surface area contributed by atoms with Crippen LogP contribution in [0.25, 0.3) is 0 Å². The summed E-state index contributed by atoms with van der Waals surface area (Å²) in [7, 11) is -0.724. The summed E-state index contributed by atoms with van der Waals surface area (Å²) >= 11 is 0. The van der Waals surface area contributed by atoms with Gasteiger partial charge in [-0.15, -0.1) is 0 Å². The van der Waals surface area contributed by atoms with Crippen LogP contribution in [0.15, 0.2) is 23.1 Å². The largest absolute Gasteiger partial charge is 0.480 e. The maximum absolute atomic E-state index is 13.8. The van der Waals surface area contributed by atoms with Crippen LogP contribution in [-0.4, -0.2) is 62.4 Å². The molecule has 0 spiro atoms. The highest BCUT2D eigenvalue weighted by atomic mass is 32.2. The van der Waals surface area contributed by atoms with Crippen molar-refractivity contribution in [3.05, 3.63) is 29.6 Å². The zero-order valence-electron chi connectivity index (χ0n) is 12.2. The van der Waals surface area contributed by atoms with Crippen LogP contribution in [0.4, 0.5) is 4.39 Å². The Morgan fingerprint density at radius 3 is 2.43 bits per heavy atom. The highest BCUT2D eigenvalue weighted by molar-refractivity contribution is 7.89. The molecule has 1 aromatic carbocycles. The summed E-state index contributed by atoms with van der Waals surface area (Å²) < 4.78 is 39.5. The molecule has 0 aromatic heterocycles. The second-order valence-electron chi connectivity index (χ2n) is 4.97. The van der Waals surface area contributed by atoms with Crippen molar-refractivity contribution in [2.75, 3.05) is 33.7 Å². The van der Waals surface area contributed by atoms with Gasteiger partial charge in [0.25, 0.3) is 0 Å². The minimum atomic E-state index is -4.19. The third-order valence-electron chi connectivity index (χ3n) is 2.81. The monoisotopic (exact) mass is 318 g/mol. The molecule has 0 fully saturated rings. The number of carboxylic acid groups (broad SMARTS) is 1. The van der Waals surface area contributed by atoms with Crippen LogP contribution in [0, 0.1) is 12.7 Å². The predicted molar refractivity (Wildman–Crippen MR) is 76.1 cm³/mol. The molecule has 0 aliphatic rings. The molecular formula is C13H19FN2O4S. The van der Waals surface area contributed by atoms with Crippen molar-refractivity contribution in [2.45, 2.75) is 11.8 Å². The molecule has 0 heterocycles. The molecule has 0 unspecified atom stereocenters. The second kappa shape index (κ2) is 6.97. The lowest BCUT2D eigenvalue weighted by Gasteiger charge is -2.22. The summed E-state index contributed by atoms with van der Waals surface area (Å²) in [5.74, 6) is -2.17. The Morgan fingerprint density at radius 2 is 1.90 bits per heavy atom. The lowest BCUT2D eigenvalue weighted by molar-refractivity contribution is -0.137. The van der Waals surface area contributed by atoms with E-state index in [2.05, 4.69) is 0 Å². The molecule has 1 rings (SSSR count). The van der Waals surface area contributed by atoms with Gasteiger partial charge in [0.1, 0.15) is 17.3 Å². The number of sulfonamides is 1. The molecular weight excluding hydrogens is 299 g/mol. The van der Waals surface area contributed by atoms with E-state index in [1.165, 1.54) is 12.1 Å². The van der Waals surface area contributed by atoms with Gasteiger partial charge in [-0.2, -0.15) is 4.31 Å². The predicted octanol–water partition coefficient (Wildman–Crippen LogP) is 0.771. The molecule has 0 saturated carbocycles. The van der Waals surface area contributed by atoms with E-state index in [-0.39, 0.29) is 6.54 Å². The number of carboxylic acids is 1. The van der Waals surface area contributed by atoms with Crippen LogP contribution in [0.3, 0.4) is 0 Å². The molecule has 0 bridgehead atoms. The van der Waals surface area contributed by atoms with Crippen LogP contribution in [0.2, 0.25) is 0 Å². The maximum atomic E-state index is 13.8. The highest BCUT2D eigenvalue weighted by Gasteiger charge is 2.29. The fourth-order valence-electron chi connectivity index (χ4n) is 1.69. The first kappa shape index (κ1) is 17.5. The number of rotatable bonds is 7. The molecule has 0 aliphatic heterocycles. The number of nitrogens with zero attached hydrogens (tertiary/aromatic N) is 2. The molecule has 1 aromatic rings. The van der Waals surface area contributed by atoms with E-state index in [9.17, 15) is 17.6 Å². The Balaban J connectivity index is 3.19. The first-order chi connectivity index (χ1) is 9.64. The third kappa shape index (κ3) is 4.76. The fourth-order valence-corrected chi connectivity index (χ4v) is 3.22. The third-order valence-corrected chi connectivity index (χ3v) is 4.67. The van der Waals surface area contributed by atoms with E-state index in [1.54, 1.807) is 25.9 Å². The van der Waals surface area contributed by atoms with Crippen molar-refractivity contribution in [3.8, 4) is 0 Å². The Hall–Kier alpha value is -1.51. The summed E-state index contributed by atoms with van der Waals surface area (Å²) in [6.07, 6.45) is 0. The quantitative estimate of drug-likeness (QED) is 0.803. The van der Waals surface area contributed by atoms with Crippen molar-refractivity contribution in [1.29, 1.82) is 0 Å². The minimum absolute atomic E-state index is 0.0327. The molecule has 0 radical (unpaired) electrons. The van der Waals surface area contributed by atoms with Gasteiger partial charge in [0.05, 0.1) is 0 Å². The summed E-state index contributed by atoms with van der Waals surface area (Å²) in [6, 6.07) is 3.72. The second-order valence-corrected chi connectivity index (χ2v) is 6.88. The Kier molecular flexibility index (Phi) is 5.82. The lowest BCUT2D eigenvalue weighted by Crippen LogP contribution is -2.40. The average molecular weight is 318 g/mol. The summed E-state index contributed by atoms with van der Waals surface area (Å²) in [5.41, 5.74) is 0.581. The standard InChI is InChI=1S/C13H19FN2O4S/c1-10-4-5-11(14)12(8-10)21(19,20)16(9-13(17)18)7-6-15(2)3/h4-5,8H,6-7,9H2,1-3H3,(H,17,18). The summed E-state index contributed by atoms with van der Waals surface area (Å²) in [5, 5.41) is 8.87. The van der Waals surface area contributed by atoms with E-state index in [4.69, 9.17) is 5.11 Å². The maximum Gasteiger partial charge on any atom is 0.318 e. The molecule has 8 heteroatoms. The number of likely N-dealkylation sites (N-methyl/N-ethyl adjacent to an activating group) is 1. The van der Waals surface area contributed by atoms with E-state index in [0.717, 1.165) is 10.4 Å². The molecule has 21 heavy (non-hydrogen) atoms. The first-order valence-electron chi connectivity index (χ1n) is 6.27. The van der Waals surface area contributed by atoms with Gasteiger partial charge in [-0.3, -0.25) is 4.79 Å². The van der Waals surface area contributed by atoms with Crippen molar-refractivity contribution in [1.82, 2.24) is 9.21 Å². The minimum Gasteiger partial charge on any atom is -0.480 e. The van der Waals surface area contributed by atoms with Gasteiger partial charge in [0.2, 0.25) is 10.0 Å². The Morgan fingerprint density at radius 1 is 1.29 bits per heavy atom. The van der Waals surface area contributed by atoms with Gasteiger partial charge in [0.15, 0.2) is 0 Å². The smallest absolute Gasteiger partial charge is 0.318 e. The molecule has 118 valence electrons. The van der Waals surface area contributed by atoms with Crippen LogP contribution in [0.1, 0.15) is 5.56 Å². The molecule has 0 aliphatic carbocycles. The average Bonchev–Trinajstić information content (AvgIpc) is 2.36. The van der Waals surface area contributed by atoms with Crippen molar-refractivity contribution >= 4 is 16.0 Å². The van der Waals surface area contributed by atoms with Gasteiger partial charge in [-0.05, 0) is 38.7 Å². The first-order valence-corrected chi connectivity index (χ1v) is 7.71. The van der Waals surface area contributed by atoms with E-state index in [1.807, 2.05) is 0 Å². The molecule has 0 amide bonds. The zero-order valence-corrected chi connectivity index (χ0v) is 13.0. The number of aliphatic carboxylic acids is 1. The number of carbonyl (C=O) groups is 1. The lowest BCUT2D eigenvalue weighted by atomic mass is 10.2. The number of halogens is 1. The van der Waals surface area contributed by atoms with Gasteiger partial charge < -0.3 is 10.0 Å². The normalized spacial score (nSPS) is 12.1. The van der Waals surface area contributed by atoms with E-state index >= 15 is 0 Å². The Labute approximate surface area is 123 Å². The topological polar surface area (TPSA) is 77.9 Å². The van der Waals surface area contributed by atoms with Crippen LogP contribution in [-0.2, 0) is 14.8 Å². The van der Waals surface area contributed by atoms with Gasteiger partial charge in [0, 0.05) is 13.1 Å². The summed E-state index contributed by atoms with van der Waals surface area (Å²) in [4.78, 5) is 12.1. The van der Waals surface area contributed by atoms with Crippen molar-refractivity contribution < 1.29 is 22.7 Å². The number of aryl methyl sites for hydroxylation is 1. The fraction of sp³-hybridized carbons (Fsp3) is 0.462.